The summed E-state index contributed by atoms with van der Waals surface area (Å²) in [6, 6.07) is 0. The molecule has 0 N–H and O–H groups in total. The minimum Gasteiger partial charge on any atom is -0.171 e. The van der Waals surface area contributed by atoms with Crippen molar-refractivity contribution in [3.8, 4) is 0 Å². The predicted molar refractivity (Wildman–Crippen MR) is 29.7 cm³/mol. The van der Waals surface area contributed by atoms with Crippen LogP contribution in [-0.2, 0) is 0 Å². The Kier molecular flexibility index (Phi) is 2.75. The Balaban J connectivity index is 3.39. The maximum Gasteiger partial charge on any atom is 0.392 e. The Hall–Kier alpha value is 0.220. The number of alkyl halides is 3. The number of hydrogen-bond acceptors (Lipinski definition) is 0. The van der Waals surface area contributed by atoms with E-state index in [9.17, 15) is 13.2 Å². The highest BCUT2D eigenvalue weighted by Gasteiger charge is 2.27. The van der Waals surface area contributed by atoms with E-state index in [2.05, 4.69) is 0 Å². The first-order valence-corrected chi connectivity index (χ1v) is 4.55. The zero-order chi connectivity index (χ0) is 6.78. The average molecular weight is 144 g/mol. The molecule has 0 nitrogen and oxygen atoms in total. The summed E-state index contributed by atoms with van der Waals surface area (Å²) in [7, 11) is -0.814. The predicted octanol–water partition coefficient (Wildman–Crippen LogP) is 2.29. The maximum absolute atomic E-state index is 11.3. The molecule has 0 saturated carbocycles. The Labute approximate surface area is 47.8 Å². The van der Waals surface area contributed by atoms with Gasteiger partial charge in [0.2, 0.25) is 0 Å². The van der Waals surface area contributed by atoms with Crippen LogP contribution in [0.15, 0.2) is 0 Å². The zero-order valence-electron chi connectivity index (χ0n) is 4.79. The number of hydrogen-bond donors (Lipinski definition) is 0. The second-order valence-electron chi connectivity index (χ2n) is 1.85. The van der Waals surface area contributed by atoms with Gasteiger partial charge in [-0.05, 0) is 13.3 Å². The average Bonchev–Trinajstić information content (AvgIpc) is 1.21. The van der Waals surface area contributed by atoms with Crippen molar-refractivity contribution in [2.75, 3.05) is 19.5 Å². The third-order valence-corrected chi connectivity index (χ3v) is 1.49. The van der Waals surface area contributed by atoms with Gasteiger partial charge in [0.1, 0.15) is 0 Å². The smallest absolute Gasteiger partial charge is 0.171 e. The van der Waals surface area contributed by atoms with Gasteiger partial charge in [0.25, 0.3) is 0 Å². The Morgan fingerprint density at radius 3 is 1.62 bits per heavy atom. The summed E-state index contributed by atoms with van der Waals surface area (Å²) in [5.74, 6) is 0. The summed E-state index contributed by atoms with van der Waals surface area (Å²) in [6.07, 6.45) is -4.56. The molecule has 0 heterocycles. The largest absolute Gasteiger partial charge is 0.392 e. The van der Waals surface area contributed by atoms with Crippen molar-refractivity contribution in [3.63, 3.8) is 0 Å². The first-order valence-electron chi connectivity index (χ1n) is 2.13. The van der Waals surface area contributed by atoms with Gasteiger partial charge in [-0.2, -0.15) is 13.2 Å². The van der Waals surface area contributed by atoms with Gasteiger partial charge in [-0.15, -0.1) is 7.92 Å². The monoisotopic (exact) mass is 144 g/mol. The van der Waals surface area contributed by atoms with Crippen molar-refractivity contribution in [1.29, 1.82) is 0 Å². The quantitative estimate of drug-likeness (QED) is 0.495. The molecule has 0 spiro atoms. The molecule has 0 bridgehead atoms. The van der Waals surface area contributed by atoms with Gasteiger partial charge < -0.3 is 0 Å². The third kappa shape index (κ3) is 6.22. The summed E-state index contributed by atoms with van der Waals surface area (Å²) in [4.78, 5) is 0. The molecule has 0 amide bonds. The molecule has 0 aliphatic heterocycles. The number of rotatable bonds is 1. The molecule has 0 rings (SSSR count). The van der Waals surface area contributed by atoms with Crippen LogP contribution >= 0.6 is 7.92 Å². The van der Waals surface area contributed by atoms with Crippen LogP contribution in [0, 0.1) is 0 Å². The molecule has 0 aromatic heterocycles. The van der Waals surface area contributed by atoms with E-state index in [0.717, 1.165) is 0 Å². The van der Waals surface area contributed by atoms with Crippen LogP contribution in [0.4, 0.5) is 13.2 Å². The molecule has 0 atom stereocenters. The molecule has 50 valence electrons. The fourth-order valence-electron chi connectivity index (χ4n) is 0.359. The molecule has 0 fully saturated rings. The molecule has 0 unspecified atom stereocenters. The molecule has 0 aromatic rings. The first-order chi connectivity index (χ1) is 3.42. The summed E-state index contributed by atoms with van der Waals surface area (Å²) in [5, 5.41) is 0. The zero-order valence-corrected chi connectivity index (χ0v) is 5.68. The van der Waals surface area contributed by atoms with E-state index in [1.807, 2.05) is 0 Å². The normalized spacial score (nSPS) is 12.8. The van der Waals surface area contributed by atoms with Gasteiger partial charge in [-0.25, -0.2) is 0 Å². The van der Waals surface area contributed by atoms with E-state index >= 15 is 0 Å². The van der Waals surface area contributed by atoms with Crippen LogP contribution in [0.2, 0.25) is 0 Å². The molecule has 0 aromatic carbocycles. The molecule has 0 radical (unpaired) electrons. The van der Waals surface area contributed by atoms with Gasteiger partial charge in [0.05, 0.1) is 6.16 Å². The van der Waals surface area contributed by atoms with Gasteiger partial charge in [0, 0.05) is 0 Å². The van der Waals surface area contributed by atoms with Crippen LogP contribution in [0.25, 0.3) is 0 Å². The maximum atomic E-state index is 11.3. The van der Waals surface area contributed by atoms with E-state index in [1.54, 1.807) is 13.3 Å². The highest BCUT2D eigenvalue weighted by atomic mass is 31.1. The van der Waals surface area contributed by atoms with Gasteiger partial charge >= 0.3 is 6.18 Å². The van der Waals surface area contributed by atoms with E-state index in [-0.39, 0.29) is 0 Å². The fraction of sp³-hybridized carbons (Fsp3) is 1.00. The summed E-state index contributed by atoms with van der Waals surface area (Å²) in [6.45, 7) is 3.23. The number of halogens is 3. The van der Waals surface area contributed by atoms with Crippen molar-refractivity contribution in [1.82, 2.24) is 0 Å². The molecule has 0 saturated heterocycles. The topological polar surface area (TPSA) is 0 Å². The van der Waals surface area contributed by atoms with Gasteiger partial charge in [-0.1, -0.05) is 0 Å². The van der Waals surface area contributed by atoms with Crippen molar-refractivity contribution in [3.05, 3.63) is 0 Å². The van der Waals surface area contributed by atoms with E-state index in [4.69, 9.17) is 0 Å². The van der Waals surface area contributed by atoms with Crippen molar-refractivity contribution < 1.29 is 13.2 Å². The van der Waals surface area contributed by atoms with Crippen LogP contribution in [-0.4, -0.2) is 25.7 Å². The van der Waals surface area contributed by atoms with E-state index < -0.39 is 20.3 Å². The van der Waals surface area contributed by atoms with Gasteiger partial charge in [0.15, 0.2) is 0 Å². The Bertz CT molecular complexity index is 66.2. The van der Waals surface area contributed by atoms with Crippen LogP contribution < -0.4 is 0 Å². The molecular formula is C4H8F3P. The lowest BCUT2D eigenvalue weighted by molar-refractivity contribution is -0.106. The lowest BCUT2D eigenvalue weighted by Gasteiger charge is -2.07. The van der Waals surface area contributed by atoms with E-state index in [0.29, 0.717) is 0 Å². The second-order valence-corrected chi connectivity index (χ2v) is 4.33. The summed E-state index contributed by atoms with van der Waals surface area (Å²) < 4.78 is 34.0. The van der Waals surface area contributed by atoms with E-state index in [1.165, 1.54) is 0 Å². The molecular weight excluding hydrogens is 136 g/mol. The molecule has 4 heteroatoms. The minimum absolute atomic E-state index is 0.609. The van der Waals surface area contributed by atoms with Crippen molar-refractivity contribution in [2.24, 2.45) is 0 Å². The van der Waals surface area contributed by atoms with Crippen molar-refractivity contribution in [2.45, 2.75) is 6.18 Å². The van der Waals surface area contributed by atoms with Gasteiger partial charge in [-0.3, -0.25) is 0 Å². The molecule has 0 aliphatic carbocycles. The SMILES string of the molecule is CP(C)CC(F)(F)F. The van der Waals surface area contributed by atoms with Crippen LogP contribution in [0.1, 0.15) is 0 Å². The Morgan fingerprint density at radius 1 is 1.25 bits per heavy atom. The van der Waals surface area contributed by atoms with Crippen LogP contribution in [0.3, 0.4) is 0 Å². The molecule has 0 aliphatic rings. The second kappa shape index (κ2) is 2.67. The Morgan fingerprint density at radius 2 is 1.62 bits per heavy atom. The fourth-order valence-corrected chi connectivity index (χ4v) is 1.08. The highest BCUT2D eigenvalue weighted by Crippen LogP contribution is 2.33. The minimum atomic E-state index is -3.95. The summed E-state index contributed by atoms with van der Waals surface area (Å²) >= 11 is 0. The highest BCUT2D eigenvalue weighted by molar-refractivity contribution is 7.56. The first kappa shape index (κ1) is 8.22. The molecule has 8 heavy (non-hydrogen) atoms. The summed E-state index contributed by atoms with van der Waals surface area (Å²) in [5.41, 5.74) is 0. The lowest BCUT2D eigenvalue weighted by Crippen LogP contribution is -2.11. The van der Waals surface area contributed by atoms with Crippen molar-refractivity contribution >= 4 is 7.92 Å². The standard InChI is InChI=1S/C4H8F3P/c1-8(2)3-4(5,6)7/h3H2,1-2H3. The lowest BCUT2D eigenvalue weighted by atomic mass is 10.8. The van der Waals surface area contributed by atoms with Crippen LogP contribution in [0.5, 0.6) is 0 Å². The third-order valence-electron chi connectivity index (χ3n) is 0.496.